The van der Waals surface area contributed by atoms with Crippen LogP contribution in [0.2, 0.25) is 0 Å². The van der Waals surface area contributed by atoms with Gasteiger partial charge in [0.15, 0.2) is 5.82 Å². The third-order valence-corrected chi connectivity index (χ3v) is 4.52. The van der Waals surface area contributed by atoms with Gasteiger partial charge in [-0.05, 0) is 32.9 Å². The summed E-state index contributed by atoms with van der Waals surface area (Å²) in [5, 5.41) is 9.99. The first-order valence-electron chi connectivity index (χ1n) is 8.65. The highest BCUT2D eigenvalue weighted by atomic mass is 16.5. The molecule has 0 saturated carbocycles. The van der Waals surface area contributed by atoms with E-state index in [2.05, 4.69) is 39.2 Å². The van der Waals surface area contributed by atoms with Crippen molar-refractivity contribution in [2.45, 2.75) is 32.9 Å². The minimum Gasteiger partial charge on any atom is -0.379 e. The van der Waals surface area contributed by atoms with Crippen LogP contribution in [-0.2, 0) is 4.74 Å². The van der Waals surface area contributed by atoms with Crippen LogP contribution in [0.15, 0.2) is 24.3 Å². The molecule has 0 aliphatic carbocycles. The molecule has 2 heterocycles. The molecular weight excluding hydrogens is 318 g/mol. The Balaban J connectivity index is 1.61. The second-order valence-electron chi connectivity index (χ2n) is 6.55. The second-order valence-corrected chi connectivity index (χ2v) is 6.55. The number of aromatic nitrogens is 3. The maximum absolute atomic E-state index is 12.5. The van der Waals surface area contributed by atoms with Gasteiger partial charge in [0.05, 0.1) is 13.2 Å². The number of nitrogens with zero attached hydrogens (tertiary/aromatic N) is 3. The Bertz CT molecular complexity index is 730. The van der Waals surface area contributed by atoms with Crippen LogP contribution in [-0.4, -0.2) is 64.4 Å². The summed E-state index contributed by atoms with van der Waals surface area (Å²) in [5.74, 6) is 1.27. The molecule has 7 nitrogen and oxygen atoms in total. The third-order valence-electron chi connectivity index (χ3n) is 4.52. The number of ether oxygens (including phenoxy) is 1. The van der Waals surface area contributed by atoms with Crippen molar-refractivity contribution in [2.24, 2.45) is 0 Å². The summed E-state index contributed by atoms with van der Waals surface area (Å²) in [4.78, 5) is 19.2. The Morgan fingerprint density at radius 3 is 3.08 bits per heavy atom. The fourth-order valence-corrected chi connectivity index (χ4v) is 3.13. The van der Waals surface area contributed by atoms with E-state index in [9.17, 15) is 4.79 Å². The molecule has 1 saturated heterocycles. The number of carbonyl (C=O) groups is 1. The lowest BCUT2D eigenvalue weighted by Crippen LogP contribution is -2.51. The number of H-pyrrole nitrogens is 1. The zero-order valence-corrected chi connectivity index (χ0v) is 15.0. The number of rotatable bonds is 5. The molecule has 2 N–H and O–H groups in total. The van der Waals surface area contributed by atoms with Gasteiger partial charge in [-0.2, -0.15) is 5.10 Å². The average molecular weight is 343 g/mol. The summed E-state index contributed by atoms with van der Waals surface area (Å²) in [5.41, 5.74) is 1.44. The molecular formula is C18H25N5O2. The SMILES string of the molecule is Cc1nc(-c2cccc(C(=O)NCC(C)N3CCOCC3C)c2)n[nH]1. The molecule has 1 aliphatic heterocycles. The van der Waals surface area contributed by atoms with Crippen LogP contribution in [0, 0.1) is 6.92 Å². The molecule has 134 valence electrons. The molecule has 2 aromatic rings. The molecule has 2 unspecified atom stereocenters. The molecule has 2 atom stereocenters. The normalized spacial score (nSPS) is 19.6. The molecule has 0 spiro atoms. The summed E-state index contributed by atoms with van der Waals surface area (Å²) >= 11 is 0. The van der Waals surface area contributed by atoms with Crippen molar-refractivity contribution in [3.63, 3.8) is 0 Å². The van der Waals surface area contributed by atoms with E-state index in [1.807, 2.05) is 25.1 Å². The Morgan fingerprint density at radius 2 is 2.36 bits per heavy atom. The van der Waals surface area contributed by atoms with Gasteiger partial charge in [-0.3, -0.25) is 14.8 Å². The van der Waals surface area contributed by atoms with Crippen molar-refractivity contribution in [1.82, 2.24) is 25.4 Å². The van der Waals surface area contributed by atoms with Gasteiger partial charge in [0.2, 0.25) is 0 Å². The zero-order valence-electron chi connectivity index (χ0n) is 15.0. The third kappa shape index (κ3) is 4.24. The van der Waals surface area contributed by atoms with Gasteiger partial charge >= 0.3 is 0 Å². The van der Waals surface area contributed by atoms with Crippen molar-refractivity contribution in [2.75, 3.05) is 26.3 Å². The van der Waals surface area contributed by atoms with Crippen LogP contribution in [0.1, 0.15) is 30.0 Å². The quantitative estimate of drug-likeness (QED) is 0.862. The van der Waals surface area contributed by atoms with Crippen LogP contribution in [0.3, 0.4) is 0 Å². The highest BCUT2D eigenvalue weighted by molar-refractivity contribution is 5.95. The predicted octanol–water partition coefficient (Wildman–Crippen LogP) is 1.62. The molecule has 0 bridgehead atoms. The molecule has 1 fully saturated rings. The Kier molecular flexibility index (Phi) is 5.45. The second kappa shape index (κ2) is 7.76. The lowest BCUT2D eigenvalue weighted by molar-refractivity contribution is -0.0178. The van der Waals surface area contributed by atoms with Crippen molar-refractivity contribution in [3.8, 4) is 11.4 Å². The van der Waals surface area contributed by atoms with Gasteiger partial charge in [0, 0.05) is 36.3 Å². The van der Waals surface area contributed by atoms with Crippen LogP contribution < -0.4 is 5.32 Å². The minimum atomic E-state index is -0.0816. The van der Waals surface area contributed by atoms with Crippen molar-refractivity contribution in [1.29, 1.82) is 0 Å². The number of aryl methyl sites for hydroxylation is 1. The standard InChI is InChI=1S/C18H25N5O2/c1-12(23-7-8-25-11-13(23)2)10-19-18(24)16-6-4-5-15(9-16)17-20-14(3)21-22-17/h4-6,9,12-13H,7-8,10-11H2,1-3H3,(H,19,24)(H,20,21,22). The number of nitrogens with one attached hydrogen (secondary N) is 2. The van der Waals surface area contributed by atoms with Crippen molar-refractivity contribution in [3.05, 3.63) is 35.7 Å². The van der Waals surface area contributed by atoms with Gasteiger partial charge in [0.1, 0.15) is 5.82 Å². The van der Waals surface area contributed by atoms with Crippen LogP contribution in [0.4, 0.5) is 0 Å². The lowest BCUT2D eigenvalue weighted by atomic mass is 10.1. The number of aromatic amines is 1. The summed E-state index contributed by atoms with van der Waals surface area (Å²) in [6, 6.07) is 8.01. The summed E-state index contributed by atoms with van der Waals surface area (Å²) in [7, 11) is 0. The number of amides is 1. The molecule has 3 rings (SSSR count). The summed E-state index contributed by atoms with van der Waals surface area (Å²) in [6.45, 7) is 9.14. The molecule has 1 aromatic heterocycles. The van der Waals surface area contributed by atoms with Crippen LogP contribution in [0.25, 0.3) is 11.4 Å². The van der Waals surface area contributed by atoms with E-state index < -0.39 is 0 Å². The van der Waals surface area contributed by atoms with Crippen LogP contribution in [0.5, 0.6) is 0 Å². The van der Waals surface area contributed by atoms with Crippen molar-refractivity contribution < 1.29 is 9.53 Å². The van der Waals surface area contributed by atoms with E-state index in [4.69, 9.17) is 4.74 Å². The first kappa shape index (κ1) is 17.6. The van der Waals surface area contributed by atoms with E-state index in [0.29, 0.717) is 24.0 Å². The van der Waals surface area contributed by atoms with E-state index in [1.54, 1.807) is 6.07 Å². The van der Waals surface area contributed by atoms with E-state index in [-0.39, 0.29) is 11.9 Å². The first-order chi connectivity index (χ1) is 12.0. The van der Waals surface area contributed by atoms with Gasteiger partial charge in [-0.15, -0.1) is 0 Å². The highest BCUT2D eigenvalue weighted by Crippen LogP contribution is 2.16. The number of morpholine rings is 1. The van der Waals surface area contributed by atoms with Gasteiger partial charge in [-0.1, -0.05) is 12.1 Å². The largest absolute Gasteiger partial charge is 0.379 e. The zero-order chi connectivity index (χ0) is 17.8. The Hall–Kier alpha value is -2.25. The fraction of sp³-hybridized carbons (Fsp3) is 0.500. The maximum Gasteiger partial charge on any atom is 0.251 e. The van der Waals surface area contributed by atoms with Gasteiger partial charge in [-0.25, -0.2) is 4.98 Å². The average Bonchev–Trinajstić information content (AvgIpc) is 3.06. The first-order valence-corrected chi connectivity index (χ1v) is 8.65. The van der Waals surface area contributed by atoms with Crippen LogP contribution >= 0.6 is 0 Å². The monoisotopic (exact) mass is 343 g/mol. The summed E-state index contributed by atoms with van der Waals surface area (Å²) < 4.78 is 5.47. The predicted molar refractivity (Wildman–Crippen MR) is 95.3 cm³/mol. The molecule has 1 aliphatic rings. The van der Waals surface area contributed by atoms with Crippen molar-refractivity contribution >= 4 is 5.91 Å². The molecule has 0 radical (unpaired) electrons. The number of hydrogen-bond acceptors (Lipinski definition) is 5. The summed E-state index contributed by atoms with van der Waals surface area (Å²) in [6.07, 6.45) is 0. The molecule has 1 amide bonds. The maximum atomic E-state index is 12.5. The number of carbonyl (C=O) groups excluding carboxylic acids is 1. The molecule has 7 heteroatoms. The lowest BCUT2D eigenvalue weighted by Gasteiger charge is -2.37. The van der Waals surface area contributed by atoms with Gasteiger partial charge in [0.25, 0.3) is 5.91 Å². The Labute approximate surface area is 147 Å². The number of hydrogen-bond donors (Lipinski definition) is 2. The van der Waals surface area contributed by atoms with E-state index in [0.717, 1.165) is 31.1 Å². The minimum absolute atomic E-state index is 0.0816. The van der Waals surface area contributed by atoms with E-state index >= 15 is 0 Å². The number of benzene rings is 1. The van der Waals surface area contributed by atoms with E-state index in [1.165, 1.54) is 0 Å². The fourth-order valence-electron chi connectivity index (χ4n) is 3.13. The Morgan fingerprint density at radius 1 is 1.52 bits per heavy atom. The smallest absolute Gasteiger partial charge is 0.251 e. The highest BCUT2D eigenvalue weighted by Gasteiger charge is 2.24. The molecule has 1 aromatic carbocycles. The van der Waals surface area contributed by atoms with Gasteiger partial charge < -0.3 is 10.1 Å². The molecule has 25 heavy (non-hydrogen) atoms. The topological polar surface area (TPSA) is 83.1 Å².